The van der Waals surface area contributed by atoms with Gasteiger partial charge in [0.05, 0.1) is 5.69 Å². The summed E-state index contributed by atoms with van der Waals surface area (Å²) in [5, 5.41) is 0.576. The van der Waals surface area contributed by atoms with E-state index >= 15 is 0 Å². The predicted octanol–water partition coefficient (Wildman–Crippen LogP) is 2.90. The molecular formula is C13H20FN3S. The molecule has 0 amide bonds. The molecule has 1 fully saturated rings. The minimum atomic E-state index is -0.234. The molecule has 1 aromatic rings. The van der Waals surface area contributed by atoms with Crippen molar-refractivity contribution in [1.29, 1.82) is 0 Å². The molecule has 0 N–H and O–H groups in total. The fraction of sp³-hybridized carbons (Fsp3) is 0.692. The van der Waals surface area contributed by atoms with Gasteiger partial charge >= 0.3 is 0 Å². The van der Waals surface area contributed by atoms with Crippen LogP contribution in [0.5, 0.6) is 0 Å². The Balaban J connectivity index is 2.23. The first-order valence-electron chi connectivity index (χ1n) is 6.53. The van der Waals surface area contributed by atoms with Gasteiger partial charge < -0.3 is 4.90 Å². The average Bonchev–Trinajstić information content (AvgIpc) is 2.64. The topological polar surface area (TPSA) is 29.0 Å². The number of rotatable bonds is 3. The lowest BCUT2D eigenvalue weighted by atomic mass is 10.2. The zero-order valence-electron chi connectivity index (χ0n) is 11.0. The first-order valence-corrected chi connectivity index (χ1v) is 7.82. The molecule has 18 heavy (non-hydrogen) atoms. The molecule has 100 valence electrons. The van der Waals surface area contributed by atoms with Crippen LogP contribution in [0.15, 0.2) is 6.33 Å². The summed E-state index contributed by atoms with van der Waals surface area (Å²) < 4.78 is 14.2. The van der Waals surface area contributed by atoms with Crippen LogP contribution in [0.1, 0.15) is 31.9 Å². The fourth-order valence-corrected chi connectivity index (χ4v) is 3.08. The monoisotopic (exact) mass is 269 g/mol. The van der Waals surface area contributed by atoms with E-state index in [1.54, 1.807) is 0 Å². The number of aromatic nitrogens is 2. The minimum Gasteiger partial charge on any atom is -0.353 e. The molecule has 1 aromatic heterocycles. The summed E-state index contributed by atoms with van der Waals surface area (Å²) in [7, 11) is 0. The van der Waals surface area contributed by atoms with E-state index in [-0.39, 0.29) is 5.82 Å². The number of nitrogens with zero attached hydrogens (tertiary/aromatic N) is 3. The van der Waals surface area contributed by atoms with E-state index in [4.69, 9.17) is 0 Å². The predicted molar refractivity (Wildman–Crippen MR) is 74.7 cm³/mol. The van der Waals surface area contributed by atoms with Crippen LogP contribution in [0.3, 0.4) is 0 Å². The van der Waals surface area contributed by atoms with Crippen molar-refractivity contribution in [2.45, 2.75) is 37.9 Å². The maximum atomic E-state index is 14.2. The Hall–Kier alpha value is -0.840. The summed E-state index contributed by atoms with van der Waals surface area (Å²) in [6, 6.07) is 0. The number of halogens is 1. The third kappa shape index (κ3) is 2.94. The van der Waals surface area contributed by atoms with Gasteiger partial charge in [0.1, 0.15) is 6.33 Å². The van der Waals surface area contributed by atoms with E-state index in [1.807, 2.05) is 18.7 Å². The molecular weight excluding hydrogens is 249 g/mol. The molecule has 0 spiro atoms. The van der Waals surface area contributed by atoms with Gasteiger partial charge in [-0.1, -0.05) is 13.3 Å². The highest BCUT2D eigenvalue weighted by molar-refractivity contribution is 7.99. The molecule has 1 saturated heterocycles. The van der Waals surface area contributed by atoms with Gasteiger partial charge in [-0.3, -0.25) is 0 Å². The maximum absolute atomic E-state index is 14.2. The highest BCUT2D eigenvalue weighted by atomic mass is 32.2. The summed E-state index contributed by atoms with van der Waals surface area (Å²) in [4.78, 5) is 10.2. The van der Waals surface area contributed by atoms with Crippen LogP contribution >= 0.6 is 11.8 Å². The molecule has 0 aromatic carbocycles. The Labute approximate surface area is 112 Å². The summed E-state index contributed by atoms with van der Waals surface area (Å²) >= 11 is 1.87. The minimum absolute atomic E-state index is 0.234. The molecule has 0 saturated carbocycles. The largest absolute Gasteiger partial charge is 0.353 e. The third-order valence-corrected chi connectivity index (χ3v) is 4.49. The number of thioether (sulfide) groups is 1. The van der Waals surface area contributed by atoms with Gasteiger partial charge in [0.2, 0.25) is 0 Å². The molecule has 1 atom stereocenters. The van der Waals surface area contributed by atoms with Crippen LogP contribution in [0, 0.1) is 5.82 Å². The van der Waals surface area contributed by atoms with Crippen LogP contribution in [-0.4, -0.2) is 34.6 Å². The normalized spacial score (nSPS) is 20.8. The lowest BCUT2D eigenvalue weighted by Crippen LogP contribution is -2.31. The summed E-state index contributed by atoms with van der Waals surface area (Å²) in [6.45, 7) is 3.70. The quantitative estimate of drug-likeness (QED) is 0.843. The van der Waals surface area contributed by atoms with Crippen molar-refractivity contribution in [3.8, 4) is 0 Å². The zero-order valence-corrected chi connectivity index (χ0v) is 11.8. The molecule has 1 aliphatic rings. The highest BCUT2D eigenvalue weighted by Gasteiger charge is 2.22. The van der Waals surface area contributed by atoms with Gasteiger partial charge in [-0.25, -0.2) is 14.4 Å². The summed E-state index contributed by atoms with van der Waals surface area (Å²) in [6.07, 6.45) is 7.77. The second-order valence-electron chi connectivity index (χ2n) is 4.61. The first kappa shape index (κ1) is 13.6. The standard InChI is InChI=1S/C13H20FN3S/c1-3-11-12(14)13(16-9-15-11)17-7-5-4-6-10(8-17)18-2/h9-10H,3-8H2,1-2H3. The lowest BCUT2D eigenvalue weighted by Gasteiger charge is -2.25. The lowest BCUT2D eigenvalue weighted by molar-refractivity contribution is 0.583. The summed E-state index contributed by atoms with van der Waals surface area (Å²) in [5.74, 6) is 0.254. The van der Waals surface area contributed by atoms with E-state index in [1.165, 1.54) is 19.2 Å². The van der Waals surface area contributed by atoms with Gasteiger partial charge in [0.25, 0.3) is 0 Å². The number of hydrogen-bond acceptors (Lipinski definition) is 4. The van der Waals surface area contributed by atoms with Crippen LogP contribution in [-0.2, 0) is 6.42 Å². The molecule has 2 rings (SSSR count). The third-order valence-electron chi connectivity index (χ3n) is 3.44. The Morgan fingerprint density at radius 3 is 3.00 bits per heavy atom. The highest BCUT2D eigenvalue weighted by Crippen LogP contribution is 2.25. The molecule has 5 heteroatoms. The van der Waals surface area contributed by atoms with E-state index in [2.05, 4.69) is 21.1 Å². The Bertz CT molecular complexity index is 400. The second kappa shape index (κ2) is 6.36. The molecule has 3 nitrogen and oxygen atoms in total. The van der Waals surface area contributed by atoms with Gasteiger partial charge in [-0.2, -0.15) is 11.8 Å². The number of anilines is 1. The van der Waals surface area contributed by atoms with E-state index in [9.17, 15) is 4.39 Å². The van der Waals surface area contributed by atoms with Gasteiger partial charge in [0.15, 0.2) is 11.6 Å². The van der Waals surface area contributed by atoms with Crippen molar-refractivity contribution in [1.82, 2.24) is 9.97 Å². The van der Waals surface area contributed by atoms with Crippen molar-refractivity contribution < 1.29 is 4.39 Å². The molecule has 1 aliphatic heterocycles. The number of aryl methyl sites for hydroxylation is 1. The molecule has 0 radical (unpaired) electrons. The van der Waals surface area contributed by atoms with Gasteiger partial charge in [-0.05, 0) is 25.5 Å². The smallest absolute Gasteiger partial charge is 0.187 e. The van der Waals surface area contributed by atoms with Crippen LogP contribution < -0.4 is 4.90 Å². The zero-order chi connectivity index (χ0) is 13.0. The first-order chi connectivity index (χ1) is 8.76. The maximum Gasteiger partial charge on any atom is 0.187 e. The Morgan fingerprint density at radius 2 is 2.28 bits per heavy atom. The molecule has 0 aliphatic carbocycles. The average molecular weight is 269 g/mol. The second-order valence-corrected chi connectivity index (χ2v) is 5.75. The Kier molecular flexibility index (Phi) is 4.80. The van der Waals surface area contributed by atoms with E-state index < -0.39 is 0 Å². The molecule has 1 unspecified atom stereocenters. The number of hydrogen-bond donors (Lipinski definition) is 0. The fourth-order valence-electron chi connectivity index (χ4n) is 2.35. The molecule has 0 bridgehead atoms. The van der Waals surface area contributed by atoms with E-state index in [0.717, 1.165) is 19.5 Å². The molecule has 2 heterocycles. The van der Waals surface area contributed by atoms with Gasteiger partial charge in [-0.15, -0.1) is 0 Å². The van der Waals surface area contributed by atoms with Gasteiger partial charge in [0, 0.05) is 18.3 Å². The van der Waals surface area contributed by atoms with Crippen LogP contribution in [0.2, 0.25) is 0 Å². The van der Waals surface area contributed by atoms with Crippen molar-refractivity contribution in [2.75, 3.05) is 24.2 Å². The van der Waals surface area contributed by atoms with Crippen molar-refractivity contribution in [3.63, 3.8) is 0 Å². The van der Waals surface area contributed by atoms with Crippen molar-refractivity contribution in [3.05, 3.63) is 17.8 Å². The van der Waals surface area contributed by atoms with Crippen LogP contribution in [0.4, 0.5) is 10.2 Å². The summed E-state index contributed by atoms with van der Waals surface area (Å²) in [5.41, 5.74) is 0.518. The van der Waals surface area contributed by atoms with Crippen molar-refractivity contribution >= 4 is 17.6 Å². The SMILES string of the molecule is CCc1ncnc(N2CCCCC(SC)C2)c1F. The van der Waals surface area contributed by atoms with Crippen LogP contribution in [0.25, 0.3) is 0 Å². The van der Waals surface area contributed by atoms with E-state index in [0.29, 0.717) is 23.2 Å². The van der Waals surface area contributed by atoms with Crippen molar-refractivity contribution in [2.24, 2.45) is 0 Å². The Morgan fingerprint density at radius 1 is 1.44 bits per heavy atom.